The van der Waals surface area contributed by atoms with Gasteiger partial charge < -0.3 is 14.9 Å². The molecule has 1 aromatic heterocycles. The molecular formula is C10H15N3O4. The van der Waals surface area contributed by atoms with Crippen LogP contribution in [0.25, 0.3) is 0 Å². The number of carbonyl (C=O) groups excluding carboxylic acids is 1. The van der Waals surface area contributed by atoms with Gasteiger partial charge in [-0.05, 0) is 14.0 Å². The van der Waals surface area contributed by atoms with Crippen molar-refractivity contribution in [3.63, 3.8) is 0 Å². The van der Waals surface area contributed by atoms with Gasteiger partial charge in [-0.25, -0.2) is 0 Å². The van der Waals surface area contributed by atoms with Crippen molar-refractivity contribution in [1.82, 2.24) is 10.1 Å². The fraction of sp³-hybridized carbons (Fsp3) is 0.500. The molecule has 7 nitrogen and oxygen atoms in total. The van der Waals surface area contributed by atoms with Gasteiger partial charge in [0.1, 0.15) is 5.76 Å². The van der Waals surface area contributed by atoms with Crippen molar-refractivity contribution in [2.45, 2.75) is 13.3 Å². The molecule has 2 N–H and O–H groups in total. The first-order valence-corrected chi connectivity index (χ1v) is 5.11. The Morgan fingerprint density at radius 2 is 2.29 bits per heavy atom. The average molecular weight is 241 g/mol. The van der Waals surface area contributed by atoms with E-state index in [0.717, 1.165) is 0 Å². The van der Waals surface area contributed by atoms with Gasteiger partial charge in [0.2, 0.25) is 5.91 Å². The molecule has 0 bridgehead atoms. The molecule has 7 heteroatoms. The first-order chi connectivity index (χ1) is 7.97. The van der Waals surface area contributed by atoms with Gasteiger partial charge in [0.15, 0.2) is 5.82 Å². The molecule has 0 spiro atoms. The van der Waals surface area contributed by atoms with Crippen molar-refractivity contribution in [1.29, 1.82) is 0 Å². The number of likely N-dealkylation sites (N-methyl/N-ethyl adjacent to an activating group) is 1. The highest BCUT2D eigenvalue weighted by Gasteiger charge is 2.10. The quantitative estimate of drug-likeness (QED) is 0.745. The Labute approximate surface area is 98.4 Å². The zero-order valence-electron chi connectivity index (χ0n) is 9.77. The third kappa shape index (κ3) is 5.12. The van der Waals surface area contributed by atoms with Crippen LogP contribution in [0.1, 0.15) is 12.2 Å². The maximum atomic E-state index is 11.5. The van der Waals surface area contributed by atoms with Crippen molar-refractivity contribution < 1.29 is 19.2 Å². The summed E-state index contributed by atoms with van der Waals surface area (Å²) in [5, 5.41) is 14.7. The fourth-order valence-corrected chi connectivity index (χ4v) is 1.22. The Morgan fingerprint density at radius 1 is 1.59 bits per heavy atom. The van der Waals surface area contributed by atoms with Crippen molar-refractivity contribution in [3.05, 3.63) is 11.8 Å². The van der Waals surface area contributed by atoms with Crippen LogP contribution in [0.4, 0.5) is 5.82 Å². The Hall–Kier alpha value is -1.89. The second-order valence-electron chi connectivity index (χ2n) is 3.75. The van der Waals surface area contributed by atoms with Gasteiger partial charge in [-0.2, -0.15) is 0 Å². The van der Waals surface area contributed by atoms with Gasteiger partial charge in [0.05, 0.1) is 13.0 Å². The van der Waals surface area contributed by atoms with Crippen LogP contribution >= 0.6 is 0 Å². The lowest BCUT2D eigenvalue weighted by molar-refractivity contribution is -0.137. The maximum Gasteiger partial charge on any atom is 0.304 e. The number of nitrogens with zero attached hydrogens (tertiary/aromatic N) is 2. The van der Waals surface area contributed by atoms with Gasteiger partial charge in [-0.3, -0.25) is 14.5 Å². The first kappa shape index (κ1) is 13.2. The van der Waals surface area contributed by atoms with E-state index in [1.54, 1.807) is 24.9 Å². The van der Waals surface area contributed by atoms with E-state index in [-0.39, 0.29) is 18.9 Å². The summed E-state index contributed by atoms with van der Waals surface area (Å²) in [5.41, 5.74) is 0. The largest absolute Gasteiger partial charge is 0.481 e. The number of hydrogen-bond donors (Lipinski definition) is 2. The molecule has 0 unspecified atom stereocenters. The first-order valence-electron chi connectivity index (χ1n) is 5.11. The highest BCUT2D eigenvalue weighted by atomic mass is 16.5. The Balaban J connectivity index is 2.31. The molecule has 1 amide bonds. The lowest BCUT2D eigenvalue weighted by Gasteiger charge is -2.13. The van der Waals surface area contributed by atoms with E-state index in [0.29, 0.717) is 18.1 Å². The van der Waals surface area contributed by atoms with Gasteiger partial charge in [0, 0.05) is 12.6 Å². The Bertz CT molecular complexity index is 402. The van der Waals surface area contributed by atoms with E-state index < -0.39 is 5.97 Å². The number of nitrogens with one attached hydrogen (secondary N) is 1. The van der Waals surface area contributed by atoms with Gasteiger partial charge in [0.25, 0.3) is 0 Å². The van der Waals surface area contributed by atoms with E-state index in [4.69, 9.17) is 9.63 Å². The molecule has 0 aromatic carbocycles. The SMILES string of the molecule is Cc1cc(NC(=O)CN(C)CCC(=O)O)no1. The van der Waals surface area contributed by atoms with Crippen LogP contribution in [0.2, 0.25) is 0 Å². The predicted molar refractivity (Wildman–Crippen MR) is 59.6 cm³/mol. The molecule has 0 aliphatic carbocycles. The number of carboxylic acid groups (broad SMARTS) is 1. The van der Waals surface area contributed by atoms with Crippen LogP contribution in [-0.4, -0.2) is 47.2 Å². The smallest absolute Gasteiger partial charge is 0.304 e. The summed E-state index contributed by atoms with van der Waals surface area (Å²) in [7, 11) is 1.68. The number of hydrogen-bond acceptors (Lipinski definition) is 5. The van der Waals surface area contributed by atoms with Crippen molar-refractivity contribution in [3.8, 4) is 0 Å². The molecule has 0 atom stereocenters. The maximum absolute atomic E-state index is 11.5. The van der Waals surface area contributed by atoms with E-state index in [9.17, 15) is 9.59 Å². The van der Waals surface area contributed by atoms with Crippen LogP contribution in [0, 0.1) is 6.92 Å². The molecular weight excluding hydrogens is 226 g/mol. The number of rotatable bonds is 6. The minimum absolute atomic E-state index is 0.00679. The monoisotopic (exact) mass is 241 g/mol. The molecule has 0 aliphatic heterocycles. The number of aryl methyl sites for hydroxylation is 1. The zero-order valence-corrected chi connectivity index (χ0v) is 9.77. The summed E-state index contributed by atoms with van der Waals surface area (Å²) in [4.78, 5) is 23.5. The molecule has 0 saturated heterocycles. The van der Waals surface area contributed by atoms with Crippen LogP contribution < -0.4 is 5.32 Å². The fourth-order valence-electron chi connectivity index (χ4n) is 1.22. The number of carbonyl (C=O) groups is 2. The highest BCUT2D eigenvalue weighted by Crippen LogP contribution is 2.06. The third-order valence-electron chi connectivity index (χ3n) is 2.02. The van der Waals surface area contributed by atoms with E-state index in [2.05, 4.69) is 10.5 Å². The molecule has 94 valence electrons. The minimum atomic E-state index is -0.885. The van der Waals surface area contributed by atoms with Crippen LogP contribution in [0.15, 0.2) is 10.6 Å². The summed E-state index contributed by atoms with van der Waals surface area (Å²) < 4.78 is 4.79. The zero-order chi connectivity index (χ0) is 12.8. The van der Waals surface area contributed by atoms with E-state index in [1.807, 2.05) is 0 Å². The summed E-state index contributed by atoms with van der Waals surface area (Å²) in [6.07, 6.45) is 0.00679. The third-order valence-corrected chi connectivity index (χ3v) is 2.02. The number of aliphatic carboxylic acids is 1. The lowest BCUT2D eigenvalue weighted by atomic mass is 10.4. The second-order valence-corrected chi connectivity index (χ2v) is 3.75. The molecule has 0 saturated carbocycles. The second kappa shape index (κ2) is 6.00. The van der Waals surface area contributed by atoms with Crippen LogP contribution in [0.3, 0.4) is 0 Å². The predicted octanol–water partition coefficient (Wildman–Crippen LogP) is 0.328. The Morgan fingerprint density at radius 3 is 2.82 bits per heavy atom. The van der Waals surface area contributed by atoms with Crippen LogP contribution in [-0.2, 0) is 9.59 Å². The summed E-state index contributed by atoms with van der Waals surface area (Å²) in [6, 6.07) is 1.61. The number of amides is 1. The molecule has 1 rings (SSSR count). The molecule has 0 radical (unpaired) electrons. The highest BCUT2D eigenvalue weighted by molar-refractivity contribution is 5.91. The van der Waals surface area contributed by atoms with Crippen molar-refractivity contribution in [2.24, 2.45) is 0 Å². The average Bonchev–Trinajstić information content (AvgIpc) is 2.60. The van der Waals surface area contributed by atoms with E-state index in [1.165, 1.54) is 0 Å². The Kier molecular flexibility index (Phi) is 4.65. The molecule has 0 fully saturated rings. The standard InChI is InChI=1S/C10H15N3O4/c1-7-5-8(12-17-7)11-9(14)6-13(2)4-3-10(15)16/h5H,3-4,6H2,1-2H3,(H,15,16)(H,11,12,14). The topological polar surface area (TPSA) is 95.7 Å². The van der Waals surface area contributed by atoms with Gasteiger partial charge >= 0.3 is 5.97 Å². The number of aromatic nitrogens is 1. The van der Waals surface area contributed by atoms with Crippen molar-refractivity contribution >= 4 is 17.7 Å². The number of carboxylic acids is 1. The molecule has 0 aliphatic rings. The summed E-state index contributed by atoms with van der Waals surface area (Å²) in [5.74, 6) is -0.172. The van der Waals surface area contributed by atoms with Crippen LogP contribution in [0.5, 0.6) is 0 Å². The van der Waals surface area contributed by atoms with E-state index >= 15 is 0 Å². The van der Waals surface area contributed by atoms with Gasteiger partial charge in [-0.15, -0.1) is 0 Å². The normalized spacial score (nSPS) is 10.5. The van der Waals surface area contributed by atoms with Crippen molar-refractivity contribution in [2.75, 3.05) is 25.5 Å². The molecule has 17 heavy (non-hydrogen) atoms. The molecule has 1 heterocycles. The summed E-state index contributed by atoms with van der Waals surface area (Å²) >= 11 is 0. The summed E-state index contributed by atoms with van der Waals surface area (Å²) in [6.45, 7) is 2.15. The number of anilines is 1. The molecule has 1 aromatic rings. The van der Waals surface area contributed by atoms with Gasteiger partial charge in [-0.1, -0.05) is 5.16 Å². The lowest BCUT2D eigenvalue weighted by Crippen LogP contribution is -2.31. The minimum Gasteiger partial charge on any atom is -0.481 e.